The second kappa shape index (κ2) is 7.77. The predicted molar refractivity (Wildman–Crippen MR) is 115 cm³/mol. The summed E-state index contributed by atoms with van der Waals surface area (Å²) in [5, 5.41) is 7.69. The molecule has 0 bridgehead atoms. The summed E-state index contributed by atoms with van der Waals surface area (Å²) in [7, 11) is 0. The minimum absolute atomic E-state index is 0.581. The smallest absolute Gasteiger partial charge is 0.206 e. The molecule has 0 aliphatic rings. The van der Waals surface area contributed by atoms with Gasteiger partial charge in [-0.2, -0.15) is 5.10 Å². The van der Waals surface area contributed by atoms with Gasteiger partial charge in [0, 0.05) is 10.8 Å². The van der Waals surface area contributed by atoms with E-state index in [2.05, 4.69) is 17.2 Å². The maximum absolute atomic E-state index is 6.05. The van der Waals surface area contributed by atoms with Crippen molar-refractivity contribution in [1.29, 1.82) is 0 Å². The lowest BCUT2D eigenvalue weighted by Crippen LogP contribution is -2.12. The number of benzene rings is 2. The van der Waals surface area contributed by atoms with E-state index in [1.807, 2.05) is 66.0 Å². The molecular weight excluding hydrogens is 382 g/mol. The highest BCUT2D eigenvalue weighted by Gasteiger charge is 2.12. The summed E-state index contributed by atoms with van der Waals surface area (Å²) in [6.07, 6.45) is 3.31. The van der Waals surface area contributed by atoms with Crippen molar-refractivity contribution in [2.24, 2.45) is 10.1 Å². The first-order chi connectivity index (χ1) is 14.4. The van der Waals surface area contributed by atoms with E-state index < -0.39 is 0 Å². The Morgan fingerprint density at radius 3 is 2.66 bits per heavy atom. The Morgan fingerprint density at radius 1 is 0.966 bits per heavy atom. The van der Waals surface area contributed by atoms with E-state index in [0.29, 0.717) is 12.3 Å². The quantitative estimate of drug-likeness (QED) is 0.364. The molecule has 5 nitrogen and oxygen atoms in total. The molecule has 0 saturated heterocycles. The molecule has 29 heavy (non-hydrogen) atoms. The van der Waals surface area contributed by atoms with Crippen LogP contribution in [0.25, 0.3) is 22.4 Å². The molecule has 5 rings (SSSR count). The van der Waals surface area contributed by atoms with Gasteiger partial charge in [0.05, 0.1) is 19.0 Å². The Morgan fingerprint density at radius 2 is 1.83 bits per heavy atom. The third-order valence-corrected chi connectivity index (χ3v) is 5.30. The van der Waals surface area contributed by atoms with Crippen molar-refractivity contribution in [2.45, 2.75) is 6.54 Å². The molecule has 0 unspecified atom stereocenters. The molecule has 0 radical (unpaired) electrons. The van der Waals surface area contributed by atoms with Gasteiger partial charge in [-0.05, 0) is 29.8 Å². The number of hydrogen-bond donors (Lipinski definition) is 0. The van der Waals surface area contributed by atoms with Crippen LogP contribution in [0.4, 0.5) is 0 Å². The molecule has 0 aliphatic heterocycles. The third kappa shape index (κ3) is 3.70. The van der Waals surface area contributed by atoms with Gasteiger partial charge < -0.3 is 8.83 Å². The van der Waals surface area contributed by atoms with Crippen LogP contribution in [0.2, 0.25) is 0 Å². The van der Waals surface area contributed by atoms with Crippen molar-refractivity contribution >= 4 is 28.5 Å². The van der Waals surface area contributed by atoms with Gasteiger partial charge in [0.15, 0.2) is 5.76 Å². The van der Waals surface area contributed by atoms with Gasteiger partial charge in [-0.3, -0.25) is 4.99 Å². The van der Waals surface area contributed by atoms with Crippen molar-refractivity contribution in [1.82, 2.24) is 4.68 Å². The molecule has 142 valence electrons. The minimum atomic E-state index is 0.581. The molecule has 0 fully saturated rings. The Balaban J connectivity index is 1.59. The van der Waals surface area contributed by atoms with Crippen LogP contribution in [0.15, 0.2) is 103 Å². The molecule has 3 aromatic heterocycles. The average molecular weight is 399 g/mol. The number of fused-ring (bicyclic) bond motifs is 1. The number of hydrogen-bond acceptors (Lipinski definition) is 5. The highest BCUT2D eigenvalue weighted by atomic mass is 32.1. The normalized spacial score (nSPS) is 12.3. The Hall–Kier alpha value is -3.64. The van der Waals surface area contributed by atoms with Gasteiger partial charge in [-0.1, -0.05) is 48.5 Å². The molecule has 0 spiro atoms. The first kappa shape index (κ1) is 17.5. The maximum atomic E-state index is 6.05. The molecule has 0 atom stereocenters. The molecular formula is C23H17N3O2S. The summed E-state index contributed by atoms with van der Waals surface area (Å²) in [4.78, 5) is 5.56. The van der Waals surface area contributed by atoms with Crippen molar-refractivity contribution in [3.05, 3.63) is 101 Å². The summed E-state index contributed by atoms with van der Waals surface area (Å²) in [6.45, 7) is 0.581. The van der Waals surface area contributed by atoms with E-state index in [1.54, 1.807) is 17.2 Å². The number of furan rings is 2. The maximum Gasteiger partial charge on any atom is 0.206 e. The van der Waals surface area contributed by atoms with E-state index in [0.717, 1.165) is 32.8 Å². The van der Waals surface area contributed by atoms with Crippen LogP contribution >= 0.6 is 11.3 Å². The number of thiazole rings is 1. The Kier molecular flexibility index (Phi) is 4.68. The zero-order valence-corrected chi connectivity index (χ0v) is 16.3. The largest absolute Gasteiger partial charge is 0.463 e. The second-order valence-electron chi connectivity index (χ2n) is 6.43. The SMILES string of the molecule is C(=Nn1c(-c2cc3ccccc3o2)csc1=NCc1ccccc1)c1ccco1. The van der Waals surface area contributed by atoms with E-state index in [9.17, 15) is 0 Å². The van der Waals surface area contributed by atoms with Crippen molar-refractivity contribution in [3.8, 4) is 11.5 Å². The van der Waals surface area contributed by atoms with Crippen molar-refractivity contribution in [2.75, 3.05) is 0 Å². The lowest BCUT2D eigenvalue weighted by molar-refractivity contribution is 0.559. The minimum Gasteiger partial charge on any atom is -0.463 e. The fourth-order valence-electron chi connectivity index (χ4n) is 3.02. The van der Waals surface area contributed by atoms with Gasteiger partial charge in [0.2, 0.25) is 4.80 Å². The Bertz CT molecular complexity index is 1290. The molecule has 0 amide bonds. The molecule has 3 heterocycles. The van der Waals surface area contributed by atoms with Gasteiger partial charge in [0.25, 0.3) is 0 Å². The number of para-hydroxylation sites is 1. The van der Waals surface area contributed by atoms with E-state index in [4.69, 9.17) is 13.8 Å². The summed E-state index contributed by atoms with van der Waals surface area (Å²) in [5.41, 5.74) is 2.84. The fourth-order valence-corrected chi connectivity index (χ4v) is 3.84. The van der Waals surface area contributed by atoms with Gasteiger partial charge in [0.1, 0.15) is 17.0 Å². The molecule has 5 aromatic rings. The van der Waals surface area contributed by atoms with Crippen LogP contribution in [0, 0.1) is 0 Å². The third-order valence-electron chi connectivity index (χ3n) is 4.45. The predicted octanol–water partition coefficient (Wildman–Crippen LogP) is 5.54. The molecule has 0 aliphatic carbocycles. The van der Waals surface area contributed by atoms with Crippen LogP contribution in [0.5, 0.6) is 0 Å². The topological polar surface area (TPSA) is 55.9 Å². The molecule has 2 aromatic carbocycles. The van der Waals surface area contributed by atoms with Crippen molar-refractivity contribution < 1.29 is 8.83 Å². The van der Waals surface area contributed by atoms with Gasteiger partial charge >= 0.3 is 0 Å². The van der Waals surface area contributed by atoms with Crippen LogP contribution < -0.4 is 4.80 Å². The number of nitrogens with zero attached hydrogens (tertiary/aromatic N) is 3. The summed E-state index contributed by atoms with van der Waals surface area (Å²) in [5.74, 6) is 1.42. The molecule has 6 heteroatoms. The highest BCUT2D eigenvalue weighted by molar-refractivity contribution is 7.07. The molecule has 0 saturated carbocycles. The summed E-state index contributed by atoms with van der Waals surface area (Å²) >= 11 is 1.53. The van der Waals surface area contributed by atoms with E-state index in [-0.39, 0.29) is 0 Å². The number of rotatable bonds is 5. The monoisotopic (exact) mass is 399 g/mol. The first-order valence-electron chi connectivity index (χ1n) is 9.18. The van der Waals surface area contributed by atoms with Crippen molar-refractivity contribution in [3.63, 3.8) is 0 Å². The van der Waals surface area contributed by atoms with Gasteiger partial charge in [-0.25, -0.2) is 4.68 Å². The van der Waals surface area contributed by atoms with Crippen LogP contribution in [-0.2, 0) is 6.54 Å². The van der Waals surface area contributed by atoms with E-state index in [1.165, 1.54) is 11.3 Å². The van der Waals surface area contributed by atoms with Crippen LogP contribution in [0.1, 0.15) is 11.3 Å². The second-order valence-corrected chi connectivity index (χ2v) is 7.26. The van der Waals surface area contributed by atoms with Crippen LogP contribution in [-0.4, -0.2) is 10.9 Å². The first-order valence-corrected chi connectivity index (χ1v) is 10.1. The zero-order valence-electron chi connectivity index (χ0n) is 15.4. The summed E-state index contributed by atoms with van der Waals surface area (Å²) in [6, 6.07) is 23.8. The lowest BCUT2D eigenvalue weighted by atomic mass is 10.2. The lowest BCUT2D eigenvalue weighted by Gasteiger charge is -2.00. The standard InChI is InChI=1S/C23H17N3O2S/c1-2-7-17(8-3-1)14-24-23-26(25-15-19-10-6-12-27-19)20(16-29-23)22-13-18-9-4-5-11-21(18)28-22/h1-13,15-16H,14H2. The Labute approximate surface area is 170 Å². The van der Waals surface area contributed by atoms with Crippen LogP contribution in [0.3, 0.4) is 0 Å². The average Bonchev–Trinajstić information content (AvgIpc) is 3.50. The fraction of sp³-hybridized carbons (Fsp3) is 0.0435. The highest BCUT2D eigenvalue weighted by Crippen LogP contribution is 2.28. The van der Waals surface area contributed by atoms with E-state index >= 15 is 0 Å². The number of aromatic nitrogens is 1. The summed E-state index contributed by atoms with van der Waals surface area (Å²) < 4.78 is 13.2. The zero-order chi connectivity index (χ0) is 19.5. The molecule has 0 N–H and O–H groups in total. The van der Waals surface area contributed by atoms with Gasteiger partial charge in [-0.15, -0.1) is 11.3 Å².